The van der Waals surface area contributed by atoms with Crippen LogP contribution in [0.25, 0.3) is 102 Å². The lowest BCUT2D eigenvalue weighted by Gasteiger charge is -2.15. The van der Waals surface area contributed by atoms with E-state index in [1.165, 1.54) is 0 Å². The molecule has 7 nitrogen and oxygen atoms in total. The van der Waals surface area contributed by atoms with E-state index in [0.717, 1.165) is 89.1 Å². The number of rotatable bonds is 9. The third kappa shape index (κ3) is 8.47. The summed E-state index contributed by atoms with van der Waals surface area (Å²) in [6.07, 6.45) is 1.82. The molecular weight excluding hydrogens is 783 g/mol. The van der Waals surface area contributed by atoms with E-state index in [4.69, 9.17) is 29.9 Å². The van der Waals surface area contributed by atoms with Gasteiger partial charge in [-0.25, -0.2) is 29.9 Å². The lowest BCUT2D eigenvalue weighted by atomic mass is 9.91. The summed E-state index contributed by atoms with van der Waals surface area (Å²) in [5.74, 6) is 3.44. The second-order valence-electron chi connectivity index (χ2n) is 16.2. The number of aromatic nitrogens is 7. The largest absolute Gasteiger partial charge is 0.256 e. The van der Waals surface area contributed by atoms with E-state index >= 15 is 0 Å². The van der Waals surface area contributed by atoms with E-state index in [1.54, 1.807) is 0 Å². The van der Waals surface area contributed by atoms with Gasteiger partial charge in [0.2, 0.25) is 0 Å². The highest BCUT2D eigenvalue weighted by Gasteiger charge is 2.19. The van der Waals surface area contributed by atoms with Crippen LogP contribution in [-0.4, -0.2) is 34.9 Å². The Balaban J connectivity index is 1.21. The molecule has 0 bridgehead atoms. The Morgan fingerprint density at radius 3 is 0.969 bits per heavy atom. The van der Waals surface area contributed by atoms with Crippen molar-refractivity contribution in [3.05, 3.63) is 210 Å². The fraction of sp³-hybridized carbons (Fsp3) is 0.0702. The molecule has 0 fully saturated rings. The maximum Gasteiger partial charge on any atom is 0.164 e. The zero-order valence-electron chi connectivity index (χ0n) is 36.0. The molecule has 0 N–H and O–H groups in total. The summed E-state index contributed by atoms with van der Waals surface area (Å²) in [5, 5.41) is 0. The monoisotopic (exact) mass is 825 g/mol. The smallest absolute Gasteiger partial charge is 0.164 e. The summed E-state index contributed by atoms with van der Waals surface area (Å²) in [4.78, 5) is 35.6. The van der Waals surface area contributed by atoms with Crippen molar-refractivity contribution >= 4 is 0 Å². The van der Waals surface area contributed by atoms with E-state index in [0.29, 0.717) is 34.9 Å². The van der Waals surface area contributed by atoms with Gasteiger partial charge >= 0.3 is 0 Å². The van der Waals surface area contributed by atoms with Crippen molar-refractivity contribution in [2.45, 2.75) is 27.7 Å². The average Bonchev–Trinajstić information content (AvgIpc) is 3.34. The molecule has 7 heteroatoms. The normalized spacial score (nSPS) is 11.1. The average molecular weight is 826 g/mol. The maximum absolute atomic E-state index is 5.22. The fourth-order valence-corrected chi connectivity index (χ4v) is 8.05. The van der Waals surface area contributed by atoms with Crippen molar-refractivity contribution in [1.29, 1.82) is 0 Å². The van der Waals surface area contributed by atoms with Gasteiger partial charge in [0, 0.05) is 45.1 Å². The van der Waals surface area contributed by atoms with Crippen LogP contribution in [0.4, 0.5) is 0 Å². The molecule has 0 atom stereocenters. The van der Waals surface area contributed by atoms with Crippen molar-refractivity contribution in [2.24, 2.45) is 0 Å². The summed E-state index contributed by atoms with van der Waals surface area (Å²) >= 11 is 0. The molecule has 10 aromatic rings. The third-order valence-corrected chi connectivity index (χ3v) is 11.2. The van der Waals surface area contributed by atoms with Crippen LogP contribution in [0.1, 0.15) is 22.3 Å². The fourth-order valence-electron chi connectivity index (χ4n) is 8.05. The van der Waals surface area contributed by atoms with Crippen LogP contribution >= 0.6 is 0 Å². The highest BCUT2D eigenvalue weighted by atomic mass is 15.0. The molecule has 0 unspecified atom stereocenters. The Labute approximate surface area is 373 Å². The van der Waals surface area contributed by atoms with E-state index in [-0.39, 0.29) is 0 Å². The topological polar surface area (TPSA) is 90.2 Å². The predicted octanol–water partition coefficient (Wildman–Crippen LogP) is 13.7. The summed E-state index contributed by atoms with van der Waals surface area (Å²) in [6, 6.07) is 62.6. The molecule has 0 aliphatic carbocycles. The molecule has 0 radical (unpaired) electrons. The highest BCUT2D eigenvalue weighted by Crippen LogP contribution is 2.38. The Morgan fingerprint density at radius 2 is 0.594 bits per heavy atom. The van der Waals surface area contributed by atoms with Crippen LogP contribution in [0.5, 0.6) is 0 Å². The Morgan fingerprint density at radius 1 is 0.250 bits per heavy atom. The van der Waals surface area contributed by atoms with Crippen LogP contribution in [0.2, 0.25) is 0 Å². The van der Waals surface area contributed by atoms with Crippen LogP contribution in [0.15, 0.2) is 188 Å². The SMILES string of the molecule is Cc1cccc(-c2nc(-c3cccc(C)c3)nc(-c3cc(-c4nc(-c5cccc(C)c5)nc(-c5cccc(C)c5)n4)cc(-c4ccccc4-c4ccc(-c5ccccn5)cc4)c3)n2)c1. The van der Waals surface area contributed by atoms with E-state index < -0.39 is 0 Å². The van der Waals surface area contributed by atoms with Crippen LogP contribution in [0.3, 0.4) is 0 Å². The van der Waals surface area contributed by atoms with E-state index in [1.807, 2.05) is 72.9 Å². The lowest BCUT2D eigenvalue weighted by Crippen LogP contribution is -2.03. The first-order chi connectivity index (χ1) is 31.3. The van der Waals surface area contributed by atoms with Crippen LogP contribution in [0, 0.1) is 27.7 Å². The van der Waals surface area contributed by atoms with Crippen LogP contribution in [-0.2, 0) is 0 Å². The van der Waals surface area contributed by atoms with Gasteiger partial charge in [-0.3, -0.25) is 4.98 Å². The minimum atomic E-state index is 0.537. The molecule has 0 aliphatic heterocycles. The standard InChI is InChI=1S/C57H43N7/c1-36-13-9-17-42(29-36)52-59-53(43-18-10-14-37(2)30-43)62-56(61-52)47-33-46(50-22-6-5-21-49(50)40-24-26-41(27-25-40)51-23-7-8-28-58-51)34-48(35-47)57-63-54(44-19-11-15-38(3)31-44)60-55(64-57)45-20-12-16-39(4)32-45/h5-35H,1-4H3. The summed E-state index contributed by atoms with van der Waals surface area (Å²) in [6.45, 7) is 8.32. The maximum atomic E-state index is 5.22. The number of nitrogens with zero attached hydrogens (tertiary/aromatic N) is 7. The van der Waals surface area contributed by atoms with Gasteiger partial charge in [-0.05, 0) is 105 Å². The molecule has 10 rings (SSSR count). The summed E-state index contributed by atoms with van der Waals surface area (Å²) in [7, 11) is 0. The van der Waals surface area contributed by atoms with Crippen molar-refractivity contribution in [2.75, 3.05) is 0 Å². The molecule has 0 aliphatic rings. The molecule has 3 heterocycles. The van der Waals surface area contributed by atoms with E-state index in [9.17, 15) is 0 Å². The minimum Gasteiger partial charge on any atom is -0.256 e. The van der Waals surface area contributed by atoms with Crippen LogP contribution < -0.4 is 0 Å². The summed E-state index contributed by atoms with van der Waals surface area (Å²) in [5.41, 5.74) is 15.9. The summed E-state index contributed by atoms with van der Waals surface area (Å²) < 4.78 is 0. The number of benzene rings is 7. The first kappa shape index (κ1) is 39.8. The molecular formula is C57H43N7. The first-order valence-corrected chi connectivity index (χ1v) is 21.4. The Kier molecular flexibility index (Phi) is 10.7. The highest BCUT2D eigenvalue weighted by molar-refractivity contribution is 5.88. The quantitative estimate of drug-likeness (QED) is 0.143. The number of pyridine rings is 1. The number of aryl methyl sites for hydroxylation is 4. The molecule has 7 aromatic carbocycles. The molecule has 3 aromatic heterocycles. The molecule has 64 heavy (non-hydrogen) atoms. The van der Waals surface area contributed by atoms with Gasteiger partial charge in [0.25, 0.3) is 0 Å². The van der Waals surface area contributed by atoms with Crippen molar-refractivity contribution in [1.82, 2.24) is 34.9 Å². The molecule has 306 valence electrons. The van der Waals surface area contributed by atoms with E-state index in [2.05, 4.69) is 148 Å². The Bertz CT molecular complexity index is 3040. The lowest BCUT2D eigenvalue weighted by molar-refractivity contribution is 1.07. The second-order valence-corrected chi connectivity index (χ2v) is 16.2. The third-order valence-electron chi connectivity index (χ3n) is 11.2. The first-order valence-electron chi connectivity index (χ1n) is 21.4. The molecule has 0 spiro atoms. The van der Waals surface area contributed by atoms with Gasteiger partial charge in [0.1, 0.15) is 0 Å². The van der Waals surface area contributed by atoms with Crippen molar-refractivity contribution < 1.29 is 0 Å². The second kappa shape index (κ2) is 17.2. The molecule has 0 saturated carbocycles. The molecule has 0 amide bonds. The van der Waals surface area contributed by atoms with Gasteiger partial charge in [-0.15, -0.1) is 0 Å². The molecule has 0 saturated heterocycles. The zero-order chi connectivity index (χ0) is 43.6. The van der Waals surface area contributed by atoms with Crippen molar-refractivity contribution in [3.8, 4) is 102 Å². The minimum absolute atomic E-state index is 0.537. The van der Waals surface area contributed by atoms with Crippen molar-refractivity contribution in [3.63, 3.8) is 0 Å². The predicted molar refractivity (Wildman–Crippen MR) is 259 cm³/mol. The van der Waals surface area contributed by atoms with Gasteiger partial charge < -0.3 is 0 Å². The van der Waals surface area contributed by atoms with Gasteiger partial charge in [0.05, 0.1) is 5.69 Å². The number of hydrogen-bond acceptors (Lipinski definition) is 7. The Hall–Kier alpha value is -8.29. The van der Waals surface area contributed by atoms with Gasteiger partial charge in [-0.2, -0.15) is 0 Å². The number of hydrogen-bond donors (Lipinski definition) is 0. The zero-order valence-corrected chi connectivity index (χ0v) is 36.0. The van der Waals surface area contributed by atoms with Gasteiger partial charge in [0.15, 0.2) is 34.9 Å². The van der Waals surface area contributed by atoms with Gasteiger partial charge in [-0.1, -0.05) is 150 Å².